The van der Waals surface area contributed by atoms with Gasteiger partial charge in [-0.15, -0.1) is 0 Å². The predicted molar refractivity (Wildman–Crippen MR) is 111 cm³/mol. The smallest absolute Gasteiger partial charge is 0.417 e. The van der Waals surface area contributed by atoms with E-state index in [0.29, 0.717) is 18.0 Å². The highest BCUT2D eigenvalue weighted by Gasteiger charge is 2.31. The van der Waals surface area contributed by atoms with Gasteiger partial charge in [-0.05, 0) is 23.8 Å². The fraction of sp³-hybridized carbons (Fsp3) is 0.0526. The molecule has 0 spiro atoms. The molecule has 3 aromatic rings. The second-order valence-electron chi connectivity index (χ2n) is 6.53. The van der Waals surface area contributed by atoms with Crippen molar-refractivity contribution in [2.75, 3.05) is 5.73 Å². The number of aromatic nitrogens is 2. The number of carbonyl (C=O) groups is 2. The van der Waals surface area contributed by atoms with Gasteiger partial charge in [0.05, 0.1) is 15.4 Å². The molecular weight excluding hydrogens is 485 g/mol. The van der Waals surface area contributed by atoms with Gasteiger partial charge >= 0.3 is 18.1 Å². The van der Waals surface area contributed by atoms with E-state index in [0.717, 1.165) is 30.3 Å². The molecule has 1 aromatic carbocycles. The number of hydrogen-bond donors (Lipinski definition) is 4. The number of nitro benzene ring substituents is 1. The number of carboxylic acids is 2. The number of anilines is 1. The van der Waals surface area contributed by atoms with Gasteiger partial charge in [-0.25, -0.2) is 14.6 Å². The second-order valence-corrected chi connectivity index (χ2v) is 7.59. The number of nitrogens with zero attached hydrogens (tertiary/aromatic N) is 2. The molecule has 0 aliphatic heterocycles. The second kappa shape index (κ2) is 8.86. The number of H-pyrrole nitrogens is 1. The first-order chi connectivity index (χ1) is 15.8. The normalized spacial score (nSPS) is 11.3. The number of aromatic amines is 1. The minimum atomic E-state index is -4.62. The summed E-state index contributed by atoms with van der Waals surface area (Å²) in [6.07, 6.45) is -4.07. The lowest BCUT2D eigenvalue weighted by Gasteiger charge is -2.13. The lowest BCUT2D eigenvalue weighted by molar-refractivity contribution is -0.387. The van der Waals surface area contributed by atoms with E-state index in [-0.39, 0.29) is 15.5 Å². The quantitative estimate of drug-likeness (QED) is 0.290. The molecule has 5 N–H and O–H groups in total. The predicted octanol–water partition coefficient (Wildman–Crippen LogP) is 3.49. The van der Waals surface area contributed by atoms with Crippen molar-refractivity contribution >= 4 is 35.2 Å². The average Bonchev–Trinajstić information content (AvgIpc) is 2.72. The number of nitrogen functional groups attached to an aromatic ring is 1. The monoisotopic (exact) mass is 496 g/mol. The number of nitro groups is 1. The maximum atomic E-state index is 12.7. The van der Waals surface area contributed by atoms with Crippen molar-refractivity contribution in [1.29, 1.82) is 0 Å². The van der Waals surface area contributed by atoms with Gasteiger partial charge in [0, 0.05) is 17.8 Å². The van der Waals surface area contributed by atoms with Gasteiger partial charge in [0.25, 0.3) is 11.2 Å². The first kappa shape index (κ1) is 24.2. The Balaban J connectivity index is 2.17. The third kappa shape index (κ3) is 4.68. The number of nitrogens with one attached hydrogen (secondary N) is 1. The first-order valence-electron chi connectivity index (χ1n) is 8.83. The fourth-order valence-corrected chi connectivity index (χ4v) is 3.80. The zero-order chi connectivity index (χ0) is 25.4. The van der Waals surface area contributed by atoms with Crippen molar-refractivity contribution in [3.8, 4) is 11.1 Å². The Bertz CT molecular complexity index is 1390. The third-order valence-corrected chi connectivity index (χ3v) is 5.41. The summed E-state index contributed by atoms with van der Waals surface area (Å²) < 4.78 is 38.1. The molecule has 2 aromatic heterocycles. The Morgan fingerprint density at radius 3 is 2.26 bits per heavy atom. The van der Waals surface area contributed by atoms with Crippen molar-refractivity contribution in [1.82, 2.24) is 9.97 Å². The Hall–Kier alpha value is -4.40. The van der Waals surface area contributed by atoms with Gasteiger partial charge in [-0.1, -0.05) is 17.8 Å². The highest BCUT2D eigenvalue weighted by atomic mass is 32.2. The highest BCUT2D eigenvalue weighted by molar-refractivity contribution is 7.99. The molecule has 0 aliphatic carbocycles. The van der Waals surface area contributed by atoms with Crippen molar-refractivity contribution in [2.45, 2.75) is 16.1 Å². The third-order valence-electron chi connectivity index (χ3n) is 4.39. The van der Waals surface area contributed by atoms with Crippen LogP contribution >= 0.6 is 11.8 Å². The van der Waals surface area contributed by atoms with Crippen LogP contribution in [-0.4, -0.2) is 37.0 Å². The molecule has 0 amide bonds. The topological polar surface area (TPSA) is 190 Å². The molecule has 0 atom stereocenters. The van der Waals surface area contributed by atoms with Crippen LogP contribution in [0.5, 0.6) is 0 Å². The fourth-order valence-electron chi connectivity index (χ4n) is 2.96. The molecule has 0 bridgehead atoms. The lowest BCUT2D eigenvalue weighted by Crippen LogP contribution is -2.24. The van der Waals surface area contributed by atoms with Crippen LogP contribution in [0.25, 0.3) is 11.1 Å². The molecule has 2 heterocycles. The first-order valence-corrected chi connectivity index (χ1v) is 9.65. The van der Waals surface area contributed by atoms with Crippen LogP contribution in [0.1, 0.15) is 26.3 Å². The number of pyridine rings is 2. The van der Waals surface area contributed by atoms with Crippen LogP contribution in [0.3, 0.4) is 0 Å². The van der Waals surface area contributed by atoms with Crippen LogP contribution in [0.15, 0.2) is 51.2 Å². The summed E-state index contributed by atoms with van der Waals surface area (Å²) in [6.45, 7) is 0. The van der Waals surface area contributed by atoms with Crippen molar-refractivity contribution < 1.29 is 37.9 Å². The highest BCUT2D eigenvalue weighted by Crippen LogP contribution is 2.39. The summed E-state index contributed by atoms with van der Waals surface area (Å²) in [4.78, 5) is 51.7. The molecule has 176 valence electrons. The van der Waals surface area contributed by atoms with Crippen molar-refractivity contribution in [2.24, 2.45) is 0 Å². The van der Waals surface area contributed by atoms with E-state index in [9.17, 15) is 47.9 Å². The Kier molecular flexibility index (Phi) is 6.32. The van der Waals surface area contributed by atoms with E-state index in [2.05, 4.69) is 4.98 Å². The molecule has 0 aliphatic rings. The van der Waals surface area contributed by atoms with E-state index in [1.165, 1.54) is 0 Å². The number of alkyl halides is 3. The standard InChI is InChI=1S/C19H11F3N4O7S/c20-19(21,22)8-2-4-11(24-6-8)34-10-3-1-7(5-9(10)26(32)33)12-13(17(28)29)15(23)25-16(27)14(12)18(30)31/h1-6H,(H,28,29)(H,30,31)(H3,23,25,27). The molecule has 11 nitrogen and oxygen atoms in total. The number of hydrogen-bond acceptors (Lipinski definition) is 8. The van der Waals surface area contributed by atoms with Gasteiger partial charge in [-0.2, -0.15) is 13.2 Å². The van der Waals surface area contributed by atoms with E-state index in [1.807, 2.05) is 4.98 Å². The zero-order valence-corrected chi connectivity index (χ0v) is 17.2. The van der Waals surface area contributed by atoms with E-state index in [1.54, 1.807) is 0 Å². The van der Waals surface area contributed by atoms with Crippen LogP contribution in [0, 0.1) is 10.1 Å². The molecule has 0 saturated carbocycles. The Morgan fingerprint density at radius 2 is 1.76 bits per heavy atom. The Labute approximate surface area is 190 Å². The molecule has 3 rings (SSSR count). The summed E-state index contributed by atoms with van der Waals surface area (Å²) in [6, 6.07) is 4.82. The summed E-state index contributed by atoms with van der Waals surface area (Å²) in [5.74, 6) is -4.15. The van der Waals surface area contributed by atoms with E-state index >= 15 is 0 Å². The maximum Gasteiger partial charge on any atom is 0.417 e. The molecule has 0 unspecified atom stereocenters. The number of nitrogens with two attached hydrogens (primary N) is 1. The van der Waals surface area contributed by atoms with Gasteiger partial charge in [0.2, 0.25) is 0 Å². The van der Waals surface area contributed by atoms with Gasteiger partial charge < -0.3 is 20.9 Å². The number of halogens is 3. The number of carboxylic acid groups (broad SMARTS) is 2. The van der Waals surface area contributed by atoms with E-state index in [4.69, 9.17) is 5.73 Å². The summed E-state index contributed by atoms with van der Waals surface area (Å²) in [5.41, 5.74) is -0.0589. The molecule has 15 heteroatoms. The van der Waals surface area contributed by atoms with Gasteiger partial charge in [0.1, 0.15) is 22.0 Å². The SMILES string of the molecule is Nc1[nH]c(=O)c(C(=O)O)c(-c2ccc(Sc3ccc(C(F)(F)F)cn3)c([N+](=O)[O-])c2)c1C(=O)O. The Morgan fingerprint density at radius 1 is 1.12 bits per heavy atom. The van der Waals surface area contributed by atoms with Crippen molar-refractivity contribution in [3.63, 3.8) is 0 Å². The average molecular weight is 496 g/mol. The summed E-state index contributed by atoms with van der Waals surface area (Å²) in [5, 5.41) is 30.6. The lowest BCUT2D eigenvalue weighted by atomic mass is 9.95. The summed E-state index contributed by atoms with van der Waals surface area (Å²) in [7, 11) is 0. The zero-order valence-electron chi connectivity index (χ0n) is 16.4. The molecule has 0 fully saturated rings. The van der Waals surface area contributed by atoms with E-state index < -0.39 is 62.4 Å². The van der Waals surface area contributed by atoms with Crippen LogP contribution in [0.4, 0.5) is 24.7 Å². The van der Waals surface area contributed by atoms with Crippen LogP contribution < -0.4 is 11.3 Å². The molecular formula is C19H11F3N4O7S. The van der Waals surface area contributed by atoms with Gasteiger partial charge in [0.15, 0.2) is 0 Å². The molecule has 34 heavy (non-hydrogen) atoms. The number of rotatable bonds is 6. The van der Waals surface area contributed by atoms with Crippen LogP contribution in [0.2, 0.25) is 0 Å². The minimum absolute atomic E-state index is 0.0123. The molecule has 0 radical (unpaired) electrons. The maximum absolute atomic E-state index is 12.7. The number of benzene rings is 1. The largest absolute Gasteiger partial charge is 0.478 e. The molecule has 0 saturated heterocycles. The number of aromatic carboxylic acids is 2. The van der Waals surface area contributed by atoms with Crippen LogP contribution in [-0.2, 0) is 6.18 Å². The van der Waals surface area contributed by atoms with Gasteiger partial charge in [-0.3, -0.25) is 14.9 Å². The van der Waals surface area contributed by atoms with Crippen molar-refractivity contribution in [3.05, 3.63) is 73.7 Å². The minimum Gasteiger partial charge on any atom is -0.478 e. The summed E-state index contributed by atoms with van der Waals surface area (Å²) >= 11 is 0.648.